The molecule has 0 aliphatic heterocycles. The van der Waals surface area contributed by atoms with Gasteiger partial charge in [-0.1, -0.05) is 50.6 Å². The summed E-state index contributed by atoms with van der Waals surface area (Å²) in [7, 11) is 0. The van der Waals surface area contributed by atoms with Crippen LogP contribution >= 0.6 is 0 Å². The highest BCUT2D eigenvalue weighted by Crippen LogP contribution is 2.28. The van der Waals surface area contributed by atoms with Gasteiger partial charge in [-0.15, -0.1) is 0 Å². The van der Waals surface area contributed by atoms with Gasteiger partial charge in [0.15, 0.2) is 0 Å². The van der Waals surface area contributed by atoms with Crippen molar-refractivity contribution in [1.29, 1.82) is 0 Å². The lowest BCUT2D eigenvalue weighted by Gasteiger charge is -2.22. The minimum atomic E-state index is -0.970. The topological polar surface area (TPSA) is 138 Å². The summed E-state index contributed by atoms with van der Waals surface area (Å²) in [5.74, 6) is -0.500. The molecule has 0 aliphatic carbocycles. The first-order valence-electron chi connectivity index (χ1n) is 12.7. The Bertz CT molecular complexity index is 1600. The Morgan fingerprint density at radius 1 is 1.05 bits per heavy atom. The van der Waals surface area contributed by atoms with E-state index < -0.39 is 23.0 Å². The number of nitrogens with one attached hydrogen (secondary N) is 1. The molecule has 0 unspecified atom stereocenters. The molecule has 40 heavy (non-hydrogen) atoms. The van der Waals surface area contributed by atoms with E-state index in [0.29, 0.717) is 17.7 Å². The van der Waals surface area contributed by atoms with Crippen molar-refractivity contribution in [1.82, 2.24) is 5.32 Å². The molecule has 0 aliphatic rings. The number of non-ortho nitro benzene ring substituents is 1. The van der Waals surface area contributed by atoms with Gasteiger partial charge in [-0.25, -0.2) is 9.59 Å². The lowest BCUT2D eigenvalue weighted by molar-refractivity contribution is -0.384. The molecule has 4 aromatic rings. The van der Waals surface area contributed by atoms with Crippen LogP contribution in [0.15, 0.2) is 82.0 Å². The van der Waals surface area contributed by atoms with Gasteiger partial charge in [0.2, 0.25) is 5.43 Å². The number of fused-ring (bicyclic) bond motifs is 1. The molecule has 2 atom stereocenters. The number of nitro benzene ring substituents is 1. The van der Waals surface area contributed by atoms with Gasteiger partial charge in [0.25, 0.3) is 5.69 Å². The SMILES string of the molecule is CC[C@H](C)[C@H](NC(=O)OCc1ccccc1)C(=O)Oc1ccc2c(=O)c(-c3ccc([N+](=O)[O-])cc3)c(C)oc2c1. The van der Waals surface area contributed by atoms with Crippen LogP contribution < -0.4 is 15.5 Å². The van der Waals surface area contributed by atoms with E-state index in [2.05, 4.69) is 5.32 Å². The highest BCUT2D eigenvalue weighted by Gasteiger charge is 2.29. The number of benzene rings is 3. The van der Waals surface area contributed by atoms with Crippen molar-refractivity contribution < 1.29 is 28.4 Å². The first-order chi connectivity index (χ1) is 19.2. The molecular formula is C30H28N2O8. The van der Waals surface area contributed by atoms with Gasteiger partial charge in [0, 0.05) is 18.2 Å². The van der Waals surface area contributed by atoms with Crippen molar-refractivity contribution in [2.24, 2.45) is 5.92 Å². The van der Waals surface area contributed by atoms with Crippen LogP contribution in [0, 0.1) is 23.0 Å². The lowest BCUT2D eigenvalue weighted by Crippen LogP contribution is -2.47. The van der Waals surface area contributed by atoms with E-state index in [1.807, 2.05) is 44.2 Å². The number of hydrogen-bond acceptors (Lipinski definition) is 8. The maximum atomic E-state index is 13.3. The Morgan fingerprint density at radius 2 is 1.75 bits per heavy atom. The largest absolute Gasteiger partial charge is 0.460 e. The maximum absolute atomic E-state index is 13.3. The van der Waals surface area contributed by atoms with Gasteiger partial charge in [-0.3, -0.25) is 14.9 Å². The fourth-order valence-corrected chi connectivity index (χ4v) is 4.17. The van der Waals surface area contributed by atoms with Crippen LogP contribution in [0.5, 0.6) is 5.75 Å². The number of hydrogen-bond donors (Lipinski definition) is 1. The second kappa shape index (κ2) is 12.2. The molecule has 206 valence electrons. The van der Waals surface area contributed by atoms with Gasteiger partial charge < -0.3 is 19.2 Å². The summed E-state index contributed by atoms with van der Waals surface area (Å²) in [6, 6.07) is 18.2. The number of carbonyl (C=O) groups excluding carboxylic acids is 2. The van der Waals surface area contributed by atoms with Crippen molar-refractivity contribution in [3.8, 4) is 16.9 Å². The van der Waals surface area contributed by atoms with Crippen LogP contribution in [0.3, 0.4) is 0 Å². The molecule has 1 heterocycles. The van der Waals surface area contributed by atoms with Crippen molar-refractivity contribution in [2.45, 2.75) is 39.8 Å². The lowest BCUT2D eigenvalue weighted by atomic mass is 9.99. The zero-order valence-corrected chi connectivity index (χ0v) is 22.2. The summed E-state index contributed by atoms with van der Waals surface area (Å²) in [4.78, 5) is 49.2. The predicted molar refractivity (Wildman–Crippen MR) is 148 cm³/mol. The van der Waals surface area contributed by atoms with Gasteiger partial charge in [-0.2, -0.15) is 0 Å². The number of esters is 1. The predicted octanol–water partition coefficient (Wildman–Crippen LogP) is 5.92. The van der Waals surface area contributed by atoms with E-state index in [4.69, 9.17) is 13.9 Å². The Labute approximate surface area is 229 Å². The highest BCUT2D eigenvalue weighted by molar-refractivity contribution is 5.86. The summed E-state index contributed by atoms with van der Waals surface area (Å²) in [6.07, 6.45) is -0.152. The number of nitro groups is 1. The number of alkyl carbamates (subject to hydrolysis) is 1. The van der Waals surface area contributed by atoms with E-state index in [0.717, 1.165) is 5.56 Å². The molecule has 0 bridgehead atoms. The molecule has 0 radical (unpaired) electrons. The van der Waals surface area contributed by atoms with E-state index in [-0.39, 0.29) is 45.9 Å². The zero-order valence-electron chi connectivity index (χ0n) is 22.2. The van der Waals surface area contributed by atoms with Crippen molar-refractivity contribution >= 4 is 28.7 Å². The Morgan fingerprint density at radius 3 is 2.40 bits per heavy atom. The molecule has 1 amide bonds. The minimum Gasteiger partial charge on any atom is -0.460 e. The fourth-order valence-electron chi connectivity index (χ4n) is 4.17. The molecule has 1 N–H and O–H groups in total. The average Bonchev–Trinajstić information content (AvgIpc) is 2.95. The number of amides is 1. The van der Waals surface area contributed by atoms with Gasteiger partial charge in [0.05, 0.1) is 15.9 Å². The molecule has 3 aromatic carbocycles. The maximum Gasteiger partial charge on any atom is 0.408 e. The third-order valence-electron chi connectivity index (χ3n) is 6.58. The Balaban J connectivity index is 1.52. The number of aryl methyl sites for hydroxylation is 1. The van der Waals surface area contributed by atoms with Crippen LogP contribution in [0.25, 0.3) is 22.1 Å². The Hall–Kier alpha value is -4.99. The number of ether oxygens (including phenoxy) is 2. The van der Waals surface area contributed by atoms with Gasteiger partial charge >= 0.3 is 12.1 Å². The molecule has 4 rings (SSSR count). The van der Waals surface area contributed by atoms with E-state index >= 15 is 0 Å². The second-order valence-corrected chi connectivity index (χ2v) is 9.31. The van der Waals surface area contributed by atoms with Crippen LogP contribution in [-0.2, 0) is 16.1 Å². The molecular weight excluding hydrogens is 516 g/mol. The van der Waals surface area contributed by atoms with Crippen LogP contribution in [0.1, 0.15) is 31.6 Å². The van der Waals surface area contributed by atoms with E-state index in [9.17, 15) is 24.5 Å². The molecule has 1 aromatic heterocycles. The quantitative estimate of drug-likeness (QED) is 0.119. The average molecular weight is 545 g/mol. The van der Waals surface area contributed by atoms with Crippen molar-refractivity contribution in [2.75, 3.05) is 0 Å². The Kier molecular flexibility index (Phi) is 8.58. The molecule has 10 nitrogen and oxygen atoms in total. The van der Waals surface area contributed by atoms with Crippen molar-refractivity contribution in [3.63, 3.8) is 0 Å². The smallest absolute Gasteiger partial charge is 0.408 e. The highest BCUT2D eigenvalue weighted by atomic mass is 16.6. The monoisotopic (exact) mass is 544 g/mol. The van der Waals surface area contributed by atoms with Crippen LogP contribution in [-0.4, -0.2) is 23.0 Å². The first-order valence-corrected chi connectivity index (χ1v) is 12.7. The van der Waals surface area contributed by atoms with Crippen LogP contribution in [0.2, 0.25) is 0 Å². The summed E-state index contributed by atoms with van der Waals surface area (Å²) in [5.41, 5.74) is 1.36. The number of carbonyl (C=O) groups is 2. The molecule has 0 saturated heterocycles. The number of rotatable bonds is 9. The number of nitrogens with zero attached hydrogens (tertiary/aromatic N) is 1. The van der Waals surface area contributed by atoms with Gasteiger partial charge in [0.1, 0.15) is 29.7 Å². The van der Waals surface area contributed by atoms with Crippen molar-refractivity contribution in [3.05, 3.63) is 104 Å². The third-order valence-corrected chi connectivity index (χ3v) is 6.58. The van der Waals surface area contributed by atoms with Gasteiger partial charge in [-0.05, 0) is 48.2 Å². The minimum absolute atomic E-state index is 0.0554. The zero-order chi connectivity index (χ0) is 28.8. The standard InChI is InChI=1S/C30H28N2O8/c1-4-18(2)27(31-30(35)38-17-20-8-6-5-7-9-20)29(34)40-23-14-15-24-25(16-23)39-19(3)26(28(24)33)21-10-12-22(13-11-21)32(36)37/h5-16,18,27H,4,17H2,1-3H3,(H,31,35)/t18-,27-/m0/s1. The van der Waals surface area contributed by atoms with E-state index in [1.165, 1.54) is 42.5 Å². The summed E-state index contributed by atoms with van der Waals surface area (Å²) in [5, 5.41) is 13.8. The molecule has 0 saturated carbocycles. The summed E-state index contributed by atoms with van der Waals surface area (Å²) < 4.78 is 16.7. The normalized spacial score (nSPS) is 12.4. The van der Waals surface area contributed by atoms with Crippen LogP contribution in [0.4, 0.5) is 10.5 Å². The molecule has 0 spiro atoms. The van der Waals surface area contributed by atoms with E-state index in [1.54, 1.807) is 6.92 Å². The fraction of sp³-hybridized carbons (Fsp3) is 0.233. The second-order valence-electron chi connectivity index (χ2n) is 9.31. The third kappa shape index (κ3) is 6.35. The first kappa shape index (κ1) is 28.0. The molecule has 0 fully saturated rings. The summed E-state index contributed by atoms with van der Waals surface area (Å²) in [6.45, 7) is 5.36. The molecule has 10 heteroatoms. The summed E-state index contributed by atoms with van der Waals surface area (Å²) >= 11 is 0.